The molecule has 2 N–H and O–H groups in total. The van der Waals surface area contributed by atoms with E-state index in [0.29, 0.717) is 32.6 Å². The van der Waals surface area contributed by atoms with Crippen LogP contribution < -0.4 is 15.5 Å². The maximum Gasteiger partial charge on any atom is 0.269 e. The molecule has 0 unspecified atom stereocenters. The summed E-state index contributed by atoms with van der Waals surface area (Å²) in [5, 5.41) is 16.8. The lowest BCUT2D eigenvalue weighted by Crippen LogP contribution is -2.36. The number of amides is 1. The van der Waals surface area contributed by atoms with Crippen molar-refractivity contribution in [1.82, 2.24) is 0 Å². The molecule has 2 aromatic carbocycles. The molecule has 0 saturated carbocycles. The first-order valence-corrected chi connectivity index (χ1v) is 9.33. The molecule has 1 saturated heterocycles. The number of carbonyl (C=O) groups excluding carboxylic acids is 1. The van der Waals surface area contributed by atoms with Gasteiger partial charge in [-0.25, -0.2) is 0 Å². The highest BCUT2D eigenvalue weighted by Crippen LogP contribution is 2.26. The van der Waals surface area contributed by atoms with Crippen molar-refractivity contribution in [1.29, 1.82) is 0 Å². The molecule has 0 atom stereocenters. The van der Waals surface area contributed by atoms with Gasteiger partial charge in [-0.05, 0) is 30.7 Å². The Morgan fingerprint density at radius 1 is 1.11 bits per heavy atom. The molecule has 0 aliphatic carbocycles. The molecule has 1 amide bonds. The Kier molecular flexibility index (Phi) is 6.80. The molecule has 1 heterocycles. The Balaban J connectivity index is 1.45. The maximum absolute atomic E-state index is 12.3. The summed E-state index contributed by atoms with van der Waals surface area (Å²) in [5.74, 6) is -0.0359. The van der Waals surface area contributed by atoms with Crippen molar-refractivity contribution in [3.05, 3.63) is 58.6 Å². The third kappa shape index (κ3) is 5.43. The van der Waals surface area contributed by atoms with Crippen LogP contribution in [0, 0.1) is 10.1 Å². The number of para-hydroxylation sites is 2. The van der Waals surface area contributed by atoms with Gasteiger partial charge in [-0.3, -0.25) is 14.9 Å². The van der Waals surface area contributed by atoms with E-state index in [0.717, 1.165) is 30.2 Å². The molecule has 3 rings (SSSR count). The summed E-state index contributed by atoms with van der Waals surface area (Å²) in [6, 6.07) is 14.0. The zero-order chi connectivity index (χ0) is 19.8. The molecule has 0 aromatic heterocycles. The Hall–Kier alpha value is -3.13. The van der Waals surface area contributed by atoms with Gasteiger partial charge in [0.1, 0.15) is 0 Å². The minimum absolute atomic E-state index is 0.0359. The number of ether oxygens (including phenoxy) is 1. The molecule has 1 fully saturated rings. The minimum atomic E-state index is -0.428. The van der Waals surface area contributed by atoms with Crippen LogP contribution in [0.4, 0.5) is 22.7 Å². The fourth-order valence-electron chi connectivity index (χ4n) is 3.05. The predicted octanol–water partition coefficient (Wildman–Crippen LogP) is 3.26. The van der Waals surface area contributed by atoms with Crippen LogP contribution >= 0.6 is 0 Å². The molecule has 0 radical (unpaired) electrons. The lowest BCUT2D eigenvalue weighted by atomic mass is 10.2. The van der Waals surface area contributed by atoms with Crippen molar-refractivity contribution < 1.29 is 14.5 Å². The van der Waals surface area contributed by atoms with Gasteiger partial charge in [-0.1, -0.05) is 12.1 Å². The lowest BCUT2D eigenvalue weighted by Gasteiger charge is -2.30. The number of hydrogen-bond donors (Lipinski definition) is 2. The van der Waals surface area contributed by atoms with E-state index in [1.54, 1.807) is 12.1 Å². The number of nitro benzene ring substituents is 1. The number of nitrogens with one attached hydrogen (secondary N) is 2. The first kappa shape index (κ1) is 19.6. The summed E-state index contributed by atoms with van der Waals surface area (Å²) < 4.78 is 5.39. The summed E-state index contributed by atoms with van der Waals surface area (Å²) in [5.41, 5.74) is 2.69. The number of nitrogens with zero attached hydrogens (tertiary/aromatic N) is 2. The number of morpholine rings is 1. The molecule has 148 valence electrons. The third-order valence-electron chi connectivity index (χ3n) is 4.52. The fourth-order valence-corrected chi connectivity index (χ4v) is 3.05. The summed E-state index contributed by atoms with van der Waals surface area (Å²) in [6.07, 6.45) is 1.04. The molecule has 1 aliphatic heterocycles. The van der Waals surface area contributed by atoms with Gasteiger partial charge >= 0.3 is 0 Å². The minimum Gasteiger partial charge on any atom is -0.385 e. The van der Waals surface area contributed by atoms with Crippen LogP contribution in [0.1, 0.15) is 12.8 Å². The van der Waals surface area contributed by atoms with Crippen molar-refractivity contribution in [3.8, 4) is 0 Å². The third-order valence-corrected chi connectivity index (χ3v) is 4.52. The zero-order valence-corrected chi connectivity index (χ0v) is 15.6. The number of non-ortho nitro benzene ring substituents is 1. The van der Waals surface area contributed by atoms with E-state index in [4.69, 9.17) is 4.74 Å². The normalized spacial score (nSPS) is 13.8. The second kappa shape index (κ2) is 9.70. The first-order valence-electron chi connectivity index (χ1n) is 9.33. The van der Waals surface area contributed by atoms with E-state index in [2.05, 4.69) is 15.5 Å². The summed E-state index contributed by atoms with van der Waals surface area (Å²) in [4.78, 5) is 24.8. The molecule has 8 heteroatoms. The molecular weight excluding hydrogens is 360 g/mol. The van der Waals surface area contributed by atoms with Crippen LogP contribution in [0.3, 0.4) is 0 Å². The number of carbonyl (C=O) groups is 1. The maximum atomic E-state index is 12.3. The van der Waals surface area contributed by atoms with Crippen molar-refractivity contribution >= 4 is 28.7 Å². The quantitative estimate of drug-likeness (QED) is 0.412. The van der Waals surface area contributed by atoms with Crippen LogP contribution in [0.15, 0.2) is 48.5 Å². The number of anilines is 3. The number of benzene rings is 2. The highest BCUT2D eigenvalue weighted by Gasteiger charge is 2.15. The number of hydrogen-bond acceptors (Lipinski definition) is 6. The Morgan fingerprint density at radius 2 is 1.82 bits per heavy atom. The lowest BCUT2D eigenvalue weighted by molar-refractivity contribution is -0.384. The van der Waals surface area contributed by atoms with E-state index >= 15 is 0 Å². The van der Waals surface area contributed by atoms with Crippen molar-refractivity contribution in [2.75, 3.05) is 48.4 Å². The van der Waals surface area contributed by atoms with Crippen LogP contribution in [-0.2, 0) is 9.53 Å². The van der Waals surface area contributed by atoms with Gasteiger partial charge in [0.15, 0.2) is 0 Å². The largest absolute Gasteiger partial charge is 0.385 e. The van der Waals surface area contributed by atoms with Gasteiger partial charge in [-0.15, -0.1) is 0 Å². The number of rotatable bonds is 8. The fraction of sp³-hybridized carbons (Fsp3) is 0.350. The van der Waals surface area contributed by atoms with Crippen LogP contribution in [-0.4, -0.2) is 43.7 Å². The molecule has 1 aliphatic rings. The zero-order valence-electron chi connectivity index (χ0n) is 15.6. The molecule has 0 spiro atoms. The van der Waals surface area contributed by atoms with E-state index in [-0.39, 0.29) is 11.6 Å². The molecule has 0 bridgehead atoms. The van der Waals surface area contributed by atoms with E-state index in [1.165, 1.54) is 12.1 Å². The SMILES string of the molecule is O=C(CCCNc1ccc([N+](=O)[O-])cc1)Nc1ccccc1N1CCOCC1. The van der Waals surface area contributed by atoms with Gasteiger partial charge in [0, 0.05) is 43.9 Å². The summed E-state index contributed by atoms with van der Waals surface area (Å²) >= 11 is 0. The average molecular weight is 384 g/mol. The molecule has 28 heavy (non-hydrogen) atoms. The average Bonchev–Trinajstić information content (AvgIpc) is 2.72. The van der Waals surface area contributed by atoms with Gasteiger partial charge in [-0.2, -0.15) is 0 Å². The number of nitro groups is 1. The van der Waals surface area contributed by atoms with Gasteiger partial charge in [0.2, 0.25) is 5.91 Å². The Labute approximate surface area is 163 Å². The highest BCUT2D eigenvalue weighted by molar-refractivity contribution is 5.94. The van der Waals surface area contributed by atoms with E-state index < -0.39 is 4.92 Å². The van der Waals surface area contributed by atoms with Crippen LogP contribution in [0.25, 0.3) is 0 Å². The predicted molar refractivity (Wildman–Crippen MR) is 109 cm³/mol. The second-order valence-corrected chi connectivity index (χ2v) is 6.50. The Bertz CT molecular complexity index is 804. The molecular formula is C20H24N4O4. The smallest absolute Gasteiger partial charge is 0.269 e. The topological polar surface area (TPSA) is 96.7 Å². The van der Waals surface area contributed by atoms with Crippen LogP contribution in [0.5, 0.6) is 0 Å². The van der Waals surface area contributed by atoms with E-state index in [9.17, 15) is 14.9 Å². The van der Waals surface area contributed by atoms with Gasteiger partial charge in [0.25, 0.3) is 5.69 Å². The second-order valence-electron chi connectivity index (χ2n) is 6.50. The summed E-state index contributed by atoms with van der Waals surface area (Å²) in [6.45, 7) is 3.61. The Morgan fingerprint density at radius 3 is 2.54 bits per heavy atom. The molecule has 2 aromatic rings. The van der Waals surface area contributed by atoms with E-state index in [1.807, 2.05) is 24.3 Å². The standard InChI is InChI=1S/C20H24N4O4/c25-20(6-3-11-21-16-7-9-17(10-8-16)24(26)27)22-18-4-1-2-5-19(18)23-12-14-28-15-13-23/h1-2,4-5,7-10,21H,3,6,11-15H2,(H,22,25). The van der Waals surface area contributed by atoms with Crippen LogP contribution in [0.2, 0.25) is 0 Å². The highest BCUT2D eigenvalue weighted by atomic mass is 16.6. The van der Waals surface area contributed by atoms with Crippen molar-refractivity contribution in [3.63, 3.8) is 0 Å². The molecule has 8 nitrogen and oxygen atoms in total. The van der Waals surface area contributed by atoms with Gasteiger partial charge in [0.05, 0.1) is 29.5 Å². The van der Waals surface area contributed by atoms with Crippen molar-refractivity contribution in [2.45, 2.75) is 12.8 Å². The summed E-state index contributed by atoms with van der Waals surface area (Å²) in [7, 11) is 0. The first-order chi connectivity index (χ1) is 13.6. The van der Waals surface area contributed by atoms with Gasteiger partial charge < -0.3 is 20.3 Å². The van der Waals surface area contributed by atoms with Crippen molar-refractivity contribution in [2.24, 2.45) is 0 Å². The monoisotopic (exact) mass is 384 g/mol.